The van der Waals surface area contributed by atoms with E-state index in [0.717, 1.165) is 22.0 Å². The molecule has 2 aromatic heterocycles. The van der Waals surface area contributed by atoms with Gasteiger partial charge in [0.15, 0.2) is 0 Å². The highest BCUT2D eigenvalue weighted by Gasteiger charge is 2.17. The summed E-state index contributed by atoms with van der Waals surface area (Å²) < 4.78 is 5.26. The van der Waals surface area contributed by atoms with Crippen molar-refractivity contribution >= 4 is 17.4 Å². The molecule has 1 unspecified atom stereocenters. The van der Waals surface area contributed by atoms with Gasteiger partial charge >= 0.3 is 6.03 Å². The Morgan fingerprint density at radius 2 is 2.08 bits per heavy atom. The minimum atomic E-state index is -0.157. The zero-order valence-corrected chi connectivity index (χ0v) is 14.4. The van der Waals surface area contributed by atoms with Gasteiger partial charge < -0.3 is 14.6 Å². The molecule has 0 saturated carbocycles. The van der Waals surface area contributed by atoms with Crippen molar-refractivity contribution in [1.82, 2.24) is 15.2 Å². The van der Waals surface area contributed by atoms with Crippen molar-refractivity contribution in [2.45, 2.75) is 19.5 Å². The summed E-state index contributed by atoms with van der Waals surface area (Å²) in [6, 6.07) is 13.4. The first-order chi connectivity index (χ1) is 11.6. The lowest BCUT2D eigenvalue weighted by molar-refractivity contribution is 0.199. The van der Waals surface area contributed by atoms with E-state index < -0.39 is 0 Å². The lowest BCUT2D eigenvalue weighted by Crippen LogP contribution is -2.38. The lowest BCUT2D eigenvalue weighted by Gasteiger charge is -2.19. The van der Waals surface area contributed by atoms with Crippen LogP contribution in [0.15, 0.2) is 58.5 Å². The van der Waals surface area contributed by atoms with E-state index in [-0.39, 0.29) is 12.1 Å². The molecule has 0 aliphatic rings. The number of nitrogens with zero attached hydrogens (tertiary/aromatic N) is 2. The van der Waals surface area contributed by atoms with Gasteiger partial charge in [-0.3, -0.25) is 0 Å². The first-order valence-corrected chi connectivity index (χ1v) is 8.56. The van der Waals surface area contributed by atoms with Crippen LogP contribution >= 0.6 is 11.3 Å². The summed E-state index contributed by atoms with van der Waals surface area (Å²) >= 11 is 1.55. The van der Waals surface area contributed by atoms with Gasteiger partial charge in [-0.1, -0.05) is 30.3 Å². The molecule has 3 rings (SSSR count). The fraction of sp³-hybridized carbons (Fsp3) is 0.222. The number of carbonyl (C=O) groups is 1. The smallest absolute Gasteiger partial charge is 0.318 e. The van der Waals surface area contributed by atoms with Gasteiger partial charge in [-0.15, -0.1) is 11.3 Å². The van der Waals surface area contributed by atoms with Gasteiger partial charge in [-0.2, -0.15) is 0 Å². The first-order valence-electron chi connectivity index (χ1n) is 7.68. The van der Waals surface area contributed by atoms with Crippen LogP contribution < -0.4 is 5.32 Å². The Hall–Kier alpha value is -2.60. The summed E-state index contributed by atoms with van der Waals surface area (Å²) in [5.41, 5.74) is 2.01. The van der Waals surface area contributed by atoms with Crippen molar-refractivity contribution in [3.8, 4) is 11.3 Å². The minimum absolute atomic E-state index is 0.154. The second kappa shape index (κ2) is 7.31. The third kappa shape index (κ3) is 3.83. The molecule has 0 spiro atoms. The van der Waals surface area contributed by atoms with Crippen molar-refractivity contribution < 1.29 is 9.21 Å². The monoisotopic (exact) mass is 341 g/mol. The fourth-order valence-electron chi connectivity index (χ4n) is 2.29. The summed E-state index contributed by atoms with van der Waals surface area (Å²) in [7, 11) is 1.74. The summed E-state index contributed by atoms with van der Waals surface area (Å²) in [5, 5.41) is 5.86. The Morgan fingerprint density at radius 3 is 2.79 bits per heavy atom. The van der Waals surface area contributed by atoms with Crippen molar-refractivity contribution in [2.24, 2.45) is 0 Å². The number of carbonyl (C=O) groups excluding carboxylic acids is 1. The SMILES string of the molecule is CC(NC(=O)N(C)Cc1ccco1)c1nc(-c2ccccc2)cs1. The number of furan rings is 1. The lowest BCUT2D eigenvalue weighted by atomic mass is 10.2. The van der Waals surface area contributed by atoms with Gasteiger partial charge in [0.25, 0.3) is 0 Å². The zero-order valence-electron chi connectivity index (χ0n) is 13.6. The average molecular weight is 341 g/mol. The van der Waals surface area contributed by atoms with Gasteiger partial charge in [-0.05, 0) is 19.1 Å². The molecular formula is C18H19N3O2S. The second-order valence-electron chi connectivity index (χ2n) is 5.54. The topological polar surface area (TPSA) is 58.4 Å². The van der Waals surface area contributed by atoms with Gasteiger partial charge in [0, 0.05) is 18.0 Å². The normalized spacial score (nSPS) is 11.9. The number of urea groups is 1. The van der Waals surface area contributed by atoms with E-state index in [4.69, 9.17) is 4.42 Å². The van der Waals surface area contributed by atoms with Crippen LogP contribution in [0.25, 0.3) is 11.3 Å². The largest absolute Gasteiger partial charge is 0.467 e. The predicted molar refractivity (Wildman–Crippen MR) is 94.7 cm³/mol. The van der Waals surface area contributed by atoms with Crippen LogP contribution in [-0.4, -0.2) is 23.0 Å². The van der Waals surface area contributed by atoms with E-state index in [1.807, 2.05) is 54.8 Å². The number of rotatable bonds is 5. The molecule has 0 bridgehead atoms. The van der Waals surface area contributed by atoms with Crippen molar-refractivity contribution in [3.05, 3.63) is 64.9 Å². The van der Waals surface area contributed by atoms with Crippen LogP contribution in [0.2, 0.25) is 0 Å². The van der Waals surface area contributed by atoms with Gasteiger partial charge in [0.1, 0.15) is 10.8 Å². The maximum atomic E-state index is 12.3. The Kier molecular flexibility index (Phi) is 4.96. The molecule has 2 heterocycles. The van der Waals surface area contributed by atoms with Crippen molar-refractivity contribution in [3.63, 3.8) is 0 Å². The molecule has 6 heteroatoms. The van der Waals surface area contributed by atoms with E-state index in [2.05, 4.69) is 10.3 Å². The first kappa shape index (κ1) is 16.3. The van der Waals surface area contributed by atoms with E-state index in [1.165, 1.54) is 0 Å². The molecule has 0 aliphatic carbocycles. The third-order valence-electron chi connectivity index (χ3n) is 3.62. The quantitative estimate of drug-likeness (QED) is 0.752. The van der Waals surface area contributed by atoms with Crippen LogP contribution in [0.5, 0.6) is 0 Å². The molecule has 3 aromatic rings. The maximum Gasteiger partial charge on any atom is 0.318 e. The zero-order chi connectivity index (χ0) is 16.9. The number of nitrogens with one attached hydrogen (secondary N) is 1. The Labute approximate surface area is 144 Å². The van der Waals surface area contributed by atoms with Gasteiger partial charge in [0.2, 0.25) is 0 Å². The molecule has 0 radical (unpaired) electrons. The number of aromatic nitrogens is 1. The van der Waals surface area contributed by atoms with E-state index >= 15 is 0 Å². The molecule has 0 fully saturated rings. The summed E-state index contributed by atoms with van der Waals surface area (Å²) in [5.74, 6) is 0.751. The van der Waals surface area contributed by atoms with Crippen LogP contribution in [-0.2, 0) is 6.54 Å². The molecule has 0 aliphatic heterocycles. The van der Waals surface area contributed by atoms with Crippen LogP contribution in [0, 0.1) is 0 Å². The molecular weight excluding hydrogens is 322 g/mol. The molecule has 1 N–H and O–H groups in total. The van der Waals surface area contributed by atoms with Crippen molar-refractivity contribution in [1.29, 1.82) is 0 Å². The number of hydrogen-bond acceptors (Lipinski definition) is 4. The van der Waals surface area contributed by atoms with E-state index in [0.29, 0.717) is 6.54 Å². The number of amides is 2. The van der Waals surface area contributed by atoms with E-state index in [9.17, 15) is 4.79 Å². The summed E-state index contributed by atoms with van der Waals surface area (Å²) in [6.07, 6.45) is 1.60. The van der Waals surface area contributed by atoms with E-state index in [1.54, 1.807) is 29.5 Å². The maximum absolute atomic E-state index is 12.3. The number of hydrogen-bond donors (Lipinski definition) is 1. The molecule has 0 saturated heterocycles. The molecule has 5 nitrogen and oxygen atoms in total. The van der Waals surface area contributed by atoms with Gasteiger partial charge in [0.05, 0.1) is 24.5 Å². The molecule has 1 atom stereocenters. The Bertz CT molecular complexity index is 784. The minimum Gasteiger partial charge on any atom is -0.467 e. The predicted octanol–water partition coefficient (Wildman–Crippen LogP) is 4.31. The third-order valence-corrected chi connectivity index (χ3v) is 4.65. The fourth-order valence-corrected chi connectivity index (χ4v) is 3.13. The van der Waals surface area contributed by atoms with Gasteiger partial charge in [-0.25, -0.2) is 9.78 Å². The summed E-state index contributed by atoms with van der Waals surface area (Å²) in [6.45, 7) is 2.37. The second-order valence-corrected chi connectivity index (χ2v) is 6.43. The average Bonchev–Trinajstić information content (AvgIpc) is 3.27. The highest BCUT2D eigenvalue weighted by atomic mass is 32.1. The molecule has 1 aromatic carbocycles. The highest BCUT2D eigenvalue weighted by molar-refractivity contribution is 7.10. The number of benzene rings is 1. The molecule has 2 amide bonds. The van der Waals surface area contributed by atoms with Crippen molar-refractivity contribution in [2.75, 3.05) is 7.05 Å². The van der Waals surface area contributed by atoms with Crippen LogP contribution in [0.1, 0.15) is 23.7 Å². The summed E-state index contributed by atoms with van der Waals surface area (Å²) in [4.78, 5) is 18.5. The standard InChI is InChI=1S/C18H19N3O2S/c1-13(19-18(22)21(2)11-15-9-6-10-23-15)17-20-16(12-24-17)14-7-4-3-5-8-14/h3-10,12-13H,11H2,1-2H3,(H,19,22). The molecule has 24 heavy (non-hydrogen) atoms. The molecule has 124 valence electrons. The Morgan fingerprint density at radius 1 is 1.29 bits per heavy atom. The van der Waals surface area contributed by atoms with Crippen LogP contribution in [0.4, 0.5) is 4.79 Å². The van der Waals surface area contributed by atoms with Crippen LogP contribution in [0.3, 0.4) is 0 Å². The highest BCUT2D eigenvalue weighted by Crippen LogP contribution is 2.25. The number of thiazole rings is 1. The Balaban J connectivity index is 1.61.